The molecule has 1 heteroatoms. The van der Waals surface area contributed by atoms with Crippen LogP contribution in [0.2, 0.25) is 0 Å². The van der Waals surface area contributed by atoms with Gasteiger partial charge in [0.2, 0.25) is 0 Å². The third-order valence-corrected chi connectivity index (χ3v) is 10.3. The molecule has 1 nitrogen and oxygen atoms in total. The first kappa shape index (κ1) is 21.4. The lowest BCUT2D eigenvalue weighted by atomic mass is 9.82. The fraction of sp³-hybridized carbons (Fsp3) is 0. The van der Waals surface area contributed by atoms with Crippen molar-refractivity contribution in [3.63, 3.8) is 0 Å². The predicted octanol–water partition coefficient (Wildman–Crippen LogP) is 14.4. The zero-order valence-corrected chi connectivity index (χ0v) is 27.1. The maximum absolute atomic E-state index is 9.58. The van der Waals surface area contributed by atoms with Gasteiger partial charge in [0.1, 0.15) is 11.2 Å². The average molecular weight is 655 g/mol. The number of furan rings is 1. The Kier molecular flexibility index (Phi) is 4.57. The molecule has 0 fully saturated rings. The molecule has 0 aliphatic heterocycles. The molecule has 0 atom stereocenters. The van der Waals surface area contributed by atoms with Gasteiger partial charge >= 0.3 is 0 Å². The van der Waals surface area contributed by atoms with E-state index >= 15 is 0 Å². The smallest absolute Gasteiger partial charge is 0.136 e. The number of benzene rings is 10. The van der Waals surface area contributed by atoms with Crippen LogP contribution in [0.1, 0.15) is 11.0 Å². The van der Waals surface area contributed by atoms with E-state index in [0.717, 1.165) is 59.8 Å². The van der Waals surface area contributed by atoms with Crippen LogP contribution in [0.4, 0.5) is 0 Å². The molecule has 0 amide bonds. The normalized spacial score (nSPS) is 14.1. The Labute approximate surface area is 305 Å². The van der Waals surface area contributed by atoms with E-state index in [-0.39, 0.29) is 45.7 Å². The van der Waals surface area contributed by atoms with Crippen molar-refractivity contribution in [1.82, 2.24) is 0 Å². The average Bonchev–Trinajstić information content (AvgIpc) is 3.65. The molecule has 0 bridgehead atoms. The maximum atomic E-state index is 9.58. The van der Waals surface area contributed by atoms with Crippen LogP contribution in [-0.4, -0.2) is 0 Å². The lowest BCUT2D eigenvalue weighted by Gasteiger charge is -2.21. The SMILES string of the molecule is [2H]c1c([2H])c([2H])c2c(-c3ccc4ccccc4c3-c3ccc4c(c3)oc3ccc5ccccc5c34)c3c([2H])c([2H])c([2H])c([2H])c3c(-c3ccc4ccccc4c3)c2c1[2H]. The van der Waals surface area contributed by atoms with Crippen molar-refractivity contribution in [2.75, 3.05) is 0 Å². The minimum Gasteiger partial charge on any atom is -0.456 e. The molecule has 1 heterocycles. The summed E-state index contributed by atoms with van der Waals surface area (Å²) in [6, 6.07) is 40.6. The van der Waals surface area contributed by atoms with Crippen LogP contribution in [0.3, 0.4) is 0 Å². The van der Waals surface area contributed by atoms with E-state index < -0.39 is 24.2 Å². The minimum atomic E-state index is -0.438. The molecular weight excluding hydrogens is 617 g/mol. The van der Waals surface area contributed by atoms with Crippen LogP contribution in [0.15, 0.2) is 186 Å². The summed E-state index contributed by atoms with van der Waals surface area (Å²) < 4.78 is 80.5. The lowest BCUT2D eigenvalue weighted by Crippen LogP contribution is -1.94. The molecule has 0 saturated carbocycles. The summed E-state index contributed by atoms with van der Waals surface area (Å²) in [6.45, 7) is 0. The molecule has 0 saturated heterocycles. The van der Waals surface area contributed by atoms with Crippen molar-refractivity contribution in [3.8, 4) is 33.4 Å². The fourth-order valence-electron chi connectivity index (χ4n) is 8.02. The van der Waals surface area contributed by atoms with Gasteiger partial charge in [0.25, 0.3) is 0 Å². The highest BCUT2D eigenvalue weighted by atomic mass is 16.3. The second-order valence-electron chi connectivity index (χ2n) is 13.0. The number of hydrogen-bond donors (Lipinski definition) is 0. The van der Waals surface area contributed by atoms with Gasteiger partial charge in [-0.2, -0.15) is 0 Å². The summed E-state index contributed by atoms with van der Waals surface area (Å²) in [5.74, 6) is 0. The molecule has 11 rings (SSSR count). The standard InChI is InChI=1S/C50H30O/c1-2-14-34-29-35(22-21-31(34)11-1)48-39-17-7-9-19-41(39)49(42-20-10-8-18-40(42)48)44-27-23-32-12-3-5-15-37(32)47(44)36-24-26-43-46(30-36)51-45-28-25-33-13-4-6-16-38(33)50(43)45/h1-30H/i7D,8D,9D,10D,17D,18D,19D,20D. The molecule has 236 valence electrons. The van der Waals surface area contributed by atoms with Crippen molar-refractivity contribution < 1.29 is 15.4 Å². The summed E-state index contributed by atoms with van der Waals surface area (Å²) in [7, 11) is 0. The number of rotatable bonds is 3. The Morgan fingerprint density at radius 3 is 1.65 bits per heavy atom. The van der Waals surface area contributed by atoms with Crippen molar-refractivity contribution in [3.05, 3.63) is 182 Å². The first-order valence-corrected chi connectivity index (χ1v) is 16.9. The van der Waals surface area contributed by atoms with Gasteiger partial charge in [-0.15, -0.1) is 0 Å². The predicted molar refractivity (Wildman–Crippen MR) is 218 cm³/mol. The van der Waals surface area contributed by atoms with Gasteiger partial charge < -0.3 is 4.42 Å². The van der Waals surface area contributed by atoms with E-state index in [9.17, 15) is 5.48 Å². The topological polar surface area (TPSA) is 13.1 Å². The fourth-order valence-corrected chi connectivity index (χ4v) is 8.02. The molecule has 0 aliphatic carbocycles. The van der Waals surface area contributed by atoms with Gasteiger partial charge in [-0.25, -0.2) is 0 Å². The van der Waals surface area contributed by atoms with E-state index in [4.69, 9.17) is 9.90 Å². The van der Waals surface area contributed by atoms with Crippen molar-refractivity contribution in [2.45, 2.75) is 0 Å². The molecule has 10 aromatic carbocycles. The Bertz CT molecular complexity index is 3580. The third kappa shape index (κ3) is 4.22. The first-order chi connectivity index (χ1) is 28.6. The second kappa shape index (κ2) is 10.9. The molecule has 0 radical (unpaired) electrons. The molecule has 0 spiro atoms. The summed E-state index contributed by atoms with van der Waals surface area (Å²) in [4.78, 5) is 0. The monoisotopic (exact) mass is 654 g/mol. The summed E-state index contributed by atoms with van der Waals surface area (Å²) in [5.41, 5.74) is 4.67. The molecular formula is C50H30O. The van der Waals surface area contributed by atoms with Gasteiger partial charge in [0, 0.05) is 10.8 Å². The summed E-state index contributed by atoms with van der Waals surface area (Å²) >= 11 is 0. The van der Waals surface area contributed by atoms with E-state index in [0.29, 0.717) is 27.8 Å². The zero-order chi connectivity index (χ0) is 40.4. The molecule has 1 aromatic heterocycles. The van der Waals surface area contributed by atoms with Crippen molar-refractivity contribution in [1.29, 1.82) is 0 Å². The van der Waals surface area contributed by atoms with Crippen molar-refractivity contribution in [2.24, 2.45) is 0 Å². The Morgan fingerprint density at radius 2 is 0.902 bits per heavy atom. The Morgan fingerprint density at radius 1 is 0.353 bits per heavy atom. The Hall–Kier alpha value is -6.70. The second-order valence-corrected chi connectivity index (χ2v) is 13.0. The highest BCUT2D eigenvalue weighted by Crippen LogP contribution is 2.48. The van der Waals surface area contributed by atoms with Crippen LogP contribution >= 0.6 is 0 Å². The van der Waals surface area contributed by atoms with Crippen LogP contribution in [0.25, 0.3) is 109 Å². The van der Waals surface area contributed by atoms with E-state index in [1.807, 2.05) is 121 Å². The van der Waals surface area contributed by atoms with E-state index in [1.165, 1.54) is 0 Å². The molecule has 0 N–H and O–H groups in total. The van der Waals surface area contributed by atoms with Gasteiger partial charge in [0.05, 0.1) is 11.0 Å². The third-order valence-electron chi connectivity index (χ3n) is 10.3. The summed E-state index contributed by atoms with van der Waals surface area (Å²) in [6.07, 6.45) is 0. The van der Waals surface area contributed by atoms with Crippen LogP contribution in [-0.2, 0) is 0 Å². The van der Waals surface area contributed by atoms with Gasteiger partial charge in [0.15, 0.2) is 0 Å². The van der Waals surface area contributed by atoms with Gasteiger partial charge in [-0.1, -0.05) is 158 Å². The largest absolute Gasteiger partial charge is 0.456 e. The first-order valence-electron chi connectivity index (χ1n) is 20.9. The van der Waals surface area contributed by atoms with Crippen LogP contribution in [0.5, 0.6) is 0 Å². The lowest BCUT2D eigenvalue weighted by molar-refractivity contribution is 0.669. The zero-order valence-electron chi connectivity index (χ0n) is 35.1. The van der Waals surface area contributed by atoms with Crippen LogP contribution in [0, 0.1) is 0 Å². The Balaban J connectivity index is 1.34. The minimum absolute atomic E-state index is 0.171. The molecule has 0 unspecified atom stereocenters. The number of fused-ring (bicyclic) bond motifs is 9. The quantitative estimate of drug-likeness (QED) is 0.173. The van der Waals surface area contributed by atoms with Crippen molar-refractivity contribution >= 4 is 75.8 Å². The van der Waals surface area contributed by atoms with Gasteiger partial charge in [-0.3, -0.25) is 0 Å². The molecule has 51 heavy (non-hydrogen) atoms. The summed E-state index contributed by atoms with van der Waals surface area (Å²) in [5, 5.41) is 8.45. The molecule has 11 aromatic rings. The van der Waals surface area contributed by atoms with Gasteiger partial charge in [-0.05, 0) is 112 Å². The van der Waals surface area contributed by atoms with Crippen LogP contribution < -0.4 is 0 Å². The highest BCUT2D eigenvalue weighted by Gasteiger charge is 2.21. The highest BCUT2D eigenvalue weighted by molar-refractivity contribution is 6.24. The molecule has 0 aliphatic rings. The number of hydrogen-bond acceptors (Lipinski definition) is 1. The van der Waals surface area contributed by atoms with E-state index in [1.54, 1.807) is 0 Å². The maximum Gasteiger partial charge on any atom is 0.136 e. The van der Waals surface area contributed by atoms with E-state index in [2.05, 4.69) is 12.1 Å².